The summed E-state index contributed by atoms with van der Waals surface area (Å²) >= 11 is 8.24. The van der Waals surface area contributed by atoms with Gasteiger partial charge in [-0.1, -0.05) is 30.7 Å². The molecule has 0 spiro atoms. The number of epoxide rings is 1. The number of anilines is 2. The van der Waals surface area contributed by atoms with E-state index in [4.69, 9.17) is 26.2 Å². The van der Waals surface area contributed by atoms with Crippen molar-refractivity contribution in [3.63, 3.8) is 0 Å². The Morgan fingerprint density at radius 3 is 2.89 bits per heavy atom. The Morgan fingerprint density at radius 2 is 2.11 bits per heavy atom. The van der Waals surface area contributed by atoms with Gasteiger partial charge in [-0.25, -0.2) is 14.4 Å². The molecule has 1 aliphatic carbocycles. The van der Waals surface area contributed by atoms with Crippen LogP contribution < -0.4 is 10.1 Å². The van der Waals surface area contributed by atoms with Crippen LogP contribution in [-0.2, 0) is 17.8 Å². The van der Waals surface area contributed by atoms with Crippen molar-refractivity contribution in [2.45, 2.75) is 38.4 Å². The fraction of sp³-hybridized carbons (Fsp3) is 0.321. The molecule has 4 aromatic rings. The first-order chi connectivity index (χ1) is 18.4. The van der Waals surface area contributed by atoms with E-state index >= 15 is 0 Å². The quantitative estimate of drug-likeness (QED) is 0.198. The number of hydrazone groups is 1. The summed E-state index contributed by atoms with van der Waals surface area (Å²) in [7, 11) is 2.01. The van der Waals surface area contributed by atoms with E-state index in [1.165, 1.54) is 28.3 Å². The average molecular weight is 552 g/mol. The Kier molecular flexibility index (Phi) is 6.90. The number of nitrogens with zero attached hydrogens (tertiary/aromatic N) is 4. The van der Waals surface area contributed by atoms with E-state index in [0.717, 1.165) is 53.3 Å². The first kappa shape index (κ1) is 25.0. The van der Waals surface area contributed by atoms with Crippen molar-refractivity contribution in [3.05, 3.63) is 75.6 Å². The molecule has 10 heteroatoms. The highest BCUT2D eigenvalue weighted by molar-refractivity contribution is 7.19. The summed E-state index contributed by atoms with van der Waals surface area (Å²) in [5.74, 6) is 1.21. The number of thiophene rings is 1. The minimum atomic E-state index is -0.294. The van der Waals surface area contributed by atoms with Crippen LogP contribution in [0.25, 0.3) is 10.2 Å². The Labute approximate surface area is 229 Å². The highest BCUT2D eigenvalue weighted by atomic mass is 35.5. The Morgan fingerprint density at radius 1 is 1.24 bits per heavy atom. The zero-order chi connectivity index (χ0) is 26.2. The summed E-state index contributed by atoms with van der Waals surface area (Å²) in [5.41, 5.74) is 4.01. The van der Waals surface area contributed by atoms with Gasteiger partial charge in [0.25, 0.3) is 0 Å². The number of ether oxygens (including phenoxy) is 2. The fourth-order valence-corrected chi connectivity index (χ4v) is 6.31. The number of nitrogens with one attached hydrogen (secondary N) is 1. The number of rotatable bonds is 8. The van der Waals surface area contributed by atoms with Gasteiger partial charge in [-0.3, -0.25) is 5.01 Å². The molecule has 0 radical (unpaired) electrons. The number of hydrogen-bond donors (Lipinski definition) is 1. The number of aromatic nitrogens is 2. The van der Waals surface area contributed by atoms with Crippen molar-refractivity contribution >= 4 is 50.4 Å². The van der Waals surface area contributed by atoms with Crippen LogP contribution in [0.4, 0.5) is 15.9 Å². The number of hydrogen-bond acceptors (Lipinski definition) is 8. The molecule has 7 nitrogen and oxygen atoms in total. The smallest absolute Gasteiger partial charge is 0.142 e. The predicted octanol–water partition coefficient (Wildman–Crippen LogP) is 6.54. The molecular weight excluding hydrogens is 525 g/mol. The maximum Gasteiger partial charge on any atom is 0.142 e. The molecule has 1 N–H and O–H groups in total. The lowest BCUT2D eigenvalue weighted by molar-refractivity contribution is 0.293. The van der Waals surface area contributed by atoms with Gasteiger partial charge in [0.05, 0.1) is 23.6 Å². The van der Waals surface area contributed by atoms with Gasteiger partial charge in [0.15, 0.2) is 0 Å². The van der Waals surface area contributed by atoms with Crippen LogP contribution in [0.3, 0.4) is 0 Å². The largest absolute Gasteiger partial charge is 0.487 e. The lowest BCUT2D eigenvalue weighted by atomic mass is 9.87. The third kappa shape index (κ3) is 5.32. The van der Waals surface area contributed by atoms with Crippen LogP contribution in [0.2, 0.25) is 5.02 Å². The summed E-state index contributed by atoms with van der Waals surface area (Å²) in [6.45, 7) is 4.10. The number of benzene rings is 2. The van der Waals surface area contributed by atoms with Crippen LogP contribution in [0.1, 0.15) is 35.3 Å². The van der Waals surface area contributed by atoms with E-state index < -0.39 is 0 Å². The van der Waals surface area contributed by atoms with Crippen LogP contribution in [0.15, 0.2) is 53.9 Å². The van der Waals surface area contributed by atoms with Crippen molar-refractivity contribution in [2.75, 3.05) is 25.5 Å². The molecule has 2 aromatic carbocycles. The van der Waals surface area contributed by atoms with Gasteiger partial charge in [-0.15, -0.1) is 11.3 Å². The molecule has 6 rings (SSSR count). The van der Waals surface area contributed by atoms with Crippen LogP contribution in [0, 0.1) is 5.82 Å². The minimum absolute atomic E-state index is 0.220. The highest BCUT2D eigenvalue weighted by Crippen LogP contribution is 2.43. The Balaban J connectivity index is 1.21. The molecule has 0 amide bonds. The lowest BCUT2D eigenvalue weighted by Gasteiger charge is -2.24. The van der Waals surface area contributed by atoms with Crippen molar-refractivity contribution in [1.29, 1.82) is 0 Å². The molecule has 38 heavy (non-hydrogen) atoms. The highest BCUT2D eigenvalue weighted by Gasteiger charge is 2.30. The third-order valence-electron chi connectivity index (χ3n) is 6.79. The molecule has 1 aliphatic heterocycles. The molecule has 2 aliphatic rings. The molecular formula is C28H27ClFN5O2S. The molecule has 0 saturated carbocycles. The number of aryl methyl sites for hydroxylation is 1. The standard InChI is InChI=1S/C28H27ClFN5O2S/c1-16-23(34-35(2)12-20-14-36-20)8-7-21-25-27(31-15-32-28(25)38-26(16)21)33-19-6-9-24(22(29)11-19)37-13-17-4-3-5-18(30)10-17/h3-6,9-11,15-16,20H,7-8,12-14H2,1-2H3,(H,31,32,33)/b34-23-. The maximum absolute atomic E-state index is 13.4. The van der Waals surface area contributed by atoms with Gasteiger partial charge in [-0.2, -0.15) is 5.10 Å². The normalized spacial score (nSPS) is 19.4. The van der Waals surface area contributed by atoms with E-state index in [1.807, 2.05) is 30.3 Å². The van der Waals surface area contributed by atoms with Gasteiger partial charge in [-0.05, 0) is 54.3 Å². The first-order valence-corrected chi connectivity index (χ1v) is 13.7. The number of fused-ring (bicyclic) bond motifs is 3. The second-order valence-electron chi connectivity index (χ2n) is 9.64. The SMILES string of the molecule is CC1/C(=N\N(C)CC2CO2)CCc2c1sc1ncnc(Nc3ccc(OCc4cccc(F)c4)c(Cl)c3)c21. The summed E-state index contributed by atoms with van der Waals surface area (Å²) < 4.78 is 24.6. The minimum Gasteiger partial charge on any atom is -0.487 e. The molecule has 196 valence electrons. The summed E-state index contributed by atoms with van der Waals surface area (Å²) in [4.78, 5) is 11.4. The zero-order valence-electron chi connectivity index (χ0n) is 21.1. The summed E-state index contributed by atoms with van der Waals surface area (Å²) in [5, 5.41) is 11.8. The van der Waals surface area contributed by atoms with Crippen LogP contribution in [-0.4, -0.2) is 47.0 Å². The molecule has 0 bridgehead atoms. The molecule has 2 atom stereocenters. The molecule has 3 heterocycles. The van der Waals surface area contributed by atoms with Gasteiger partial charge in [0, 0.05) is 29.2 Å². The number of halogens is 2. The van der Waals surface area contributed by atoms with E-state index in [2.05, 4.69) is 22.2 Å². The van der Waals surface area contributed by atoms with Crippen molar-refractivity contribution < 1.29 is 13.9 Å². The summed E-state index contributed by atoms with van der Waals surface area (Å²) in [6, 6.07) is 11.8. The number of likely N-dealkylation sites (N-methyl/N-ethyl adjacent to an activating group) is 1. The van der Waals surface area contributed by atoms with E-state index in [0.29, 0.717) is 16.9 Å². The van der Waals surface area contributed by atoms with Crippen LogP contribution in [0.5, 0.6) is 5.75 Å². The molecule has 2 unspecified atom stereocenters. The van der Waals surface area contributed by atoms with E-state index in [1.54, 1.807) is 29.8 Å². The van der Waals surface area contributed by atoms with Gasteiger partial charge in [0.2, 0.25) is 0 Å². The van der Waals surface area contributed by atoms with Gasteiger partial charge in [0.1, 0.15) is 41.3 Å². The molecule has 2 aromatic heterocycles. The van der Waals surface area contributed by atoms with Gasteiger partial charge >= 0.3 is 0 Å². The molecule has 1 fully saturated rings. The maximum atomic E-state index is 13.4. The third-order valence-corrected chi connectivity index (χ3v) is 8.41. The van der Waals surface area contributed by atoms with Gasteiger partial charge < -0.3 is 14.8 Å². The predicted molar refractivity (Wildman–Crippen MR) is 149 cm³/mol. The van der Waals surface area contributed by atoms with E-state index in [9.17, 15) is 4.39 Å². The van der Waals surface area contributed by atoms with Crippen LogP contribution >= 0.6 is 22.9 Å². The average Bonchev–Trinajstić information content (AvgIpc) is 3.62. The zero-order valence-corrected chi connectivity index (χ0v) is 22.7. The second kappa shape index (κ2) is 10.5. The topological polar surface area (TPSA) is 75.2 Å². The summed E-state index contributed by atoms with van der Waals surface area (Å²) in [6.07, 6.45) is 3.69. The lowest BCUT2D eigenvalue weighted by Crippen LogP contribution is -2.24. The first-order valence-electron chi connectivity index (χ1n) is 12.5. The fourth-order valence-electron chi connectivity index (χ4n) is 4.81. The van der Waals surface area contributed by atoms with E-state index in [-0.39, 0.29) is 18.3 Å². The Hall–Kier alpha value is -3.27. The van der Waals surface area contributed by atoms with Crippen molar-refractivity contribution in [2.24, 2.45) is 5.10 Å². The monoisotopic (exact) mass is 551 g/mol. The molecule has 1 saturated heterocycles. The second-order valence-corrected chi connectivity index (χ2v) is 11.1. The Bertz CT molecular complexity index is 1520. The van der Waals surface area contributed by atoms with Crippen molar-refractivity contribution in [3.8, 4) is 5.75 Å². The van der Waals surface area contributed by atoms with Crippen molar-refractivity contribution in [1.82, 2.24) is 15.0 Å².